The molecule has 1 saturated heterocycles. The Kier molecular flexibility index (Phi) is 7.70. The van der Waals surface area contributed by atoms with Gasteiger partial charge >= 0.3 is 0 Å². The zero-order valence-electron chi connectivity index (χ0n) is 19.6. The molecule has 9 heteroatoms. The van der Waals surface area contributed by atoms with Crippen LogP contribution in [0.4, 0.5) is 10.1 Å². The van der Waals surface area contributed by atoms with E-state index in [9.17, 15) is 4.39 Å². The summed E-state index contributed by atoms with van der Waals surface area (Å²) in [6, 6.07) is 12.9. The number of rotatable bonds is 6. The largest absolute Gasteiger partial charge is 0.497 e. The van der Waals surface area contributed by atoms with Crippen LogP contribution in [-0.4, -0.2) is 58.0 Å². The molecule has 0 aliphatic carbocycles. The van der Waals surface area contributed by atoms with E-state index in [4.69, 9.17) is 28.6 Å². The smallest absolute Gasteiger partial charge is 0.173 e. The first-order valence-corrected chi connectivity index (χ1v) is 12.0. The van der Waals surface area contributed by atoms with E-state index in [0.29, 0.717) is 15.7 Å². The molecule has 1 fully saturated rings. The number of nitrogens with zero attached hydrogens (tertiary/aromatic N) is 4. The van der Waals surface area contributed by atoms with E-state index in [1.807, 2.05) is 26.0 Å². The average Bonchev–Trinajstić information content (AvgIpc) is 3.09. The number of hydrogen-bond acceptors (Lipinski definition) is 4. The summed E-state index contributed by atoms with van der Waals surface area (Å²) in [6.45, 7) is 8.53. The van der Waals surface area contributed by atoms with Crippen molar-refractivity contribution in [1.82, 2.24) is 19.6 Å². The highest BCUT2D eigenvalue weighted by atomic mass is 35.5. The molecule has 0 atom stereocenters. The minimum atomic E-state index is -0.336. The van der Waals surface area contributed by atoms with Gasteiger partial charge in [-0.3, -0.25) is 9.58 Å². The first kappa shape index (κ1) is 24.4. The first-order chi connectivity index (χ1) is 16.4. The lowest BCUT2D eigenvalue weighted by molar-refractivity contribution is 0.177. The van der Waals surface area contributed by atoms with E-state index in [0.717, 1.165) is 55.5 Å². The lowest BCUT2D eigenvalue weighted by Gasteiger charge is -2.36. The number of piperazine rings is 1. The molecule has 34 heavy (non-hydrogen) atoms. The van der Waals surface area contributed by atoms with Crippen molar-refractivity contribution in [2.24, 2.45) is 0 Å². The number of nitrogens with one attached hydrogen (secondary N) is 1. The molecule has 3 aromatic rings. The maximum Gasteiger partial charge on any atom is 0.173 e. The topological polar surface area (TPSA) is 45.6 Å². The third-order valence-electron chi connectivity index (χ3n) is 6.18. The number of thiocarbonyl (C=S) groups is 1. The van der Waals surface area contributed by atoms with Crippen molar-refractivity contribution in [3.63, 3.8) is 0 Å². The fraction of sp³-hybridized carbons (Fsp3) is 0.360. The summed E-state index contributed by atoms with van der Waals surface area (Å²) in [5.41, 5.74) is 4.22. The predicted octanol–water partition coefficient (Wildman–Crippen LogP) is 4.86. The van der Waals surface area contributed by atoms with E-state index >= 15 is 0 Å². The van der Waals surface area contributed by atoms with E-state index in [-0.39, 0.29) is 12.4 Å². The minimum absolute atomic E-state index is 0.259. The highest BCUT2D eigenvalue weighted by Gasteiger charge is 2.22. The third kappa shape index (κ3) is 5.51. The number of hydrogen-bond donors (Lipinski definition) is 1. The van der Waals surface area contributed by atoms with Crippen molar-refractivity contribution >= 4 is 34.6 Å². The molecule has 0 amide bonds. The van der Waals surface area contributed by atoms with Crippen LogP contribution in [0.2, 0.25) is 5.02 Å². The number of anilines is 1. The van der Waals surface area contributed by atoms with Crippen LogP contribution in [0.1, 0.15) is 22.5 Å². The van der Waals surface area contributed by atoms with Crippen molar-refractivity contribution < 1.29 is 9.13 Å². The van der Waals surface area contributed by atoms with E-state index in [1.165, 1.54) is 11.6 Å². The van der Waals surface area contributed by atoms with E-state index in [1.54, 1.807) is 23.9 Å². The van der Waals surface area contributed by atoms with Crippen LogP contribution >= 0.6 is 23.8 Å². The van der Waals surface area contributed by atoms with Crippen LogP contribution in [0.3, 0.4) is 0 Å². The molecular weight excluding hydrogens is 473 g/mol. The van der Waals surface area contributed by atoms with E-state index in [2.05, 4.69) is 32.3 Å². The summed E-state index contributed by atoms with van der Waals surface area (Å²) in [7, 11) is 1.69. The maximum atomic E-state index is 14.3. The van der Waals surface area contributed by atoms with Crippen molar-refractivity contribution in [1.29, 1.82) is 0 Å². The second kappa shape index (κ2) is 10.7. The van der Waals surface area contributed by atoms with Crippen LogP contribution in [0.25, 0.3) is 0 Å². The highest BCUT2D eigenvalue weighted by Crippen LogP contribution is 2.25. The van der Waals surface area contributed by atoms with Crippen molar-refractivity contribution in [2.45, 2.75) is 26.9 Å². The molecule has 1 aromatic heterocycles. The van der Waals surface area contributed by atoms with Gasteiger partial charge in [0.15, 0.2) is 5.11 Å². The molecule has 2 aromatic carbocycles. The molecule has 1 N–H and O–H groups in total. The predicted molar refractivity (Wildman–Crippen MR) is 138 cm³/mol. The molecule has 1 aliphatic heterocycles. The van der Waals surface area contributed by atoms with Crippen LogP contribution in [0, 0.1) is 19.7 Å². The zero-order chi connectivity index (χ0) is 24.2. The summed E-state index contributed by atoms with van der Waals surface area (Å²) >= 11 is 11.9. The van der Waals surface area contributed by atoms with Crippen LogP contribution in [0.15, 0.2) is 42.5 Å². The van der Waals surface area contributed by atoms with Crippen molar-refractivity contribution in [3.05, 3.63) is 75.8 Å². The van der Waals surface area contributed by atoms with Gasteiger partial charge in [0.25, 0.3) is 0 Å². The van der Waals surface area contributed by atoms with Crippen molar-refractivity contribution in [2.75, 3.05) is 38.6 Å². The number of aromatic nitrogens is 2. The second-order valence-corrected chi connectivity index (χ2v) is 9.24. The highest BCUT2D eigenvalue weighted by molar-refractivity contribution is 7.80. The summed E-state index contributed by atoms with van der Waals surface area (Å²) < 4.78 is 21.3. The van der Waals surface area contributed by atoms with Crippen LogP contribution in [0.5, 0.6) is 5.75 Å². The molecule has 4 rings (SSSR count). The number of aryl methyl sites for hydroxylation is 1. The Balaban J connectivity index is 1.36. The Bertz CT molecular complexity index is 1160. The zero-order valence-corrected chi connectivity index (χ0v) is 21.2. The molecule has 0 radical (unpaired) electrons. The number of methoxy groups -OCH3 is 1. The van der Waals surface area contributed by atoms with Gasteiger partial charge in [-0.25, -0.2) is 4.39 Å². The lowest BCUT2D eigenvalue weighted by Crippen LogP contribution is -2.49. The van der Waals surface area contributed by atoms with Crippen LogP contribution < -0.4 is 10.1 Å². The summed E-state index contributed by atoms with van der Waals surface area (Å²) in [5.74, 6) is 0.543. The van der Waals surface area contributed by atoms with Gasteiger partial charge in [-0.05, 0) is 55.9 Å². The van der Waals surface area contributed by atoms with Gasteiger partial charge < -0.3 is 15.0 Å². The molecular formula is C25H29ClFN5OS. The Hall–Kier alpha value is -2.68. The standard InChI is InChI=1S/C25H29ClFN5OS/c1-17-24(18(2)32(29-17)16-21-22(26)8-5-9-23(21)27)28-25(34)31-12-10-30(11-13-31)15-19-6-4-7-20(14-19)33-3/h4-9,14H,10-13,15-16H2,1-3H3,(H,28,34). The Labute approximate surface area is 210 Å². The van der Waals surface area contributed by atoms with Gasteiger partial charge in [-0.15, -0.1) is 0 Å². The SMILES string of the molecule is COc1cccc(CN2CCN(C(=S)Nc3c(C)nn(Cc4c(F)cccc4Cl)c3C)CC2)c1. The minimum Gasteiger partial charge on any atom is -0.497 e. The average molecular weight is 502 g/mol. The Morgan fingerprint density at radius 2 is 1.85 bits per heavy atom. The molecule has 6 nitrogen and oxygen atoms in total. The fourth-order valence-corrected chi connectivity index (χ4v) is 4.70. The van der Waals surface area contributed by atoms with Gasteiger partial charge in [0.05, 0.1) is 30.7 Å². The molecule has 0 bridgehead atoms. The van der Waals surface area contributed by atoms with Crippen LogP contribution in [-0.2, 0) is 13.1 Å². The Morgan fingerprint density at radius 1 is 1.12 bits per heavy atom. The monoisotopic (exact) mass is 501 g/mol. The normalized spacial score (nSPS) is 14.3. The maximum absolute atomic E-state index is 14.3. The lowest BCUT2D eigenvalue weighted by atomic mass is 10.2. The van der Waals surface area contributed by atoms with Gasteiger partial charge in [-0.2, -0.15) is 5.10 Å². The van der Waals surface area contributed by atoms with Crippen molar-refractivity contribution in [3.8, 4) is 5.75 Å². The summed E-state index contributed by atoms with van der Waals surface area (Å²) in [5, 5.41) is 9.04. The van der Waals surface area contributed by atoms with E-state index < -0.39 is 0 Å². The molecule has 2 heterocycles. The number of benzene rings is 2. The molecule has 180 valence electrons. The van der Waals surface area contributed by atoms with Gasteiger partial charge in [0.2, 0.25) is 0 Å². The molecule has 0 saturated carbocycles. The summed E-state index contributed by atoms with van der Waals surface area (Å²) in [4.78, 5) is 4.60. The number of halogens is 2. The molecule has 0 spiro atoms. The fourth-order valence-electron chi connectivity index (χ4n) is 4.19. The third-order valence-corrected chi connectivity index (χ3v) is 6.90. The van der Waals surface area contributed by atoms with Gasteiger partial charge in [0, 0.05) is 43.3 Å². The molecule has 1 aliphatic rings. The number of ether oxygens (including phenoxy) is 1. The Morgan fingerprint density at radius 3 is 2.56 bits per heavy atom. The van der Waals surface area contributed by atoms with Gasteiger partial charge in [-0.1, -0.05) is 29.8 Å². The summed E-state index contributed by atoms with van der Waals surface area (Å²) in [6.07, 6.45) is 0. The first-order valence-electron chi connectivity index (χ1n) is 11.2. The second-order valence-electron chi connectivity index (χ2n) is 8.45. The van der Waals surface area contributed by atoms with Gasteiger partial charge in [0.1, 0.15) is 11.6 Å². The quantitative estimate of drug-likeness (QED) is 0.486. The molecule has 0 unspecified atom stereocenters.